The normalized spacial score (nSPS) is 16.9. The Morgan fingerprint density at radius 2 is 1.66 bits per heavy atom. The van der Waals surface area contributed by atoms with Crippen molar-refractivity contribution in [1.29, 1.82) is 0 Å². The van der Waals surface area contributed by atoms with Crippen LogP contribution in [0.4, 0.5) is 17.1 Å². The zero-order chi connectivity index (χ0) is 25.3. The van der Waals surface area contributed by atoms with E-state index in [1.165, 1.54) is 73.7 Å². The first kappa shape index (κ1) is 23.7. The van der Waals surface area contributed by atoms with Gasteiger partial charge in [-0.05, 0) is 54.6 Å². The lowest BCUT2D eigenvalue weighted by Gasteiger charge is -2.25. The lowest BCUT2D eigenvalue weighted by Crippen LogP contribution is -2.29. The highest BCUT2D eigenvalue weighted by atomic mass is 35.5. The van der Waals surface area contributed by atoms with Gasteiger partial charge in [-0.25, -0.2) is 0 Å². The standard InChI is InChI=1S/C25H18ClN3O6/c1-14(30)27-17-10-12-18(13-11-17)28-22(19-4-2-3-5-20(19)29(34)35)21(24(32)25(28)33)23(31)15-6-8-16(26)9-7-15/h2-13,22,31H,1H3,(H,27,30)/b23-21+. The number of anilines is 2. The second-order valence-electron chi connectivity index (χ2n) is 7.72. The fourth-order valence-corrected chi connectivity index (χ4v) is 4.08. The number of ketones is 1. The van der Waals surface area contributed by atoms with Crippen molar-refractivity contribution in [1.82, 2.24) is 0 Å². The molecular weight excluding hydrogens is 474 g/mol. The molecule has 1 heterocycles. The van der Waals surface area contributed by atoms with Gasteiger partial charge < -0.3 is 10.4 Å². The van der Waals surface area contributed by atoms with Gasteiger partial charge in [-0.2, -0.15) is 0 Å². The van der Waals surface area contributed by atoms with E-state index in [4.69, 9.17) is 11.6 Å². The Hall–Kier alpha value is -4.50. The van der Waals surface area contributed by atoms with Gasteiger partial charge in [0.2, 0.25) is 5.91 Å². The Morgan fingerprint density at radius 1 is 1.03 bits per heavy atom. The average Bonchev–Trinajstić information content (AvgIpc) is 3.09. The Bertz CT molecular complexity index is 1380. The van der Waals surface area contributed by atoms with Gasteiger partial charge in [0.25, 0.3) is 17.4 Å². The number of rotatable bonds is 5. The molecule has 176 valence electrons. The van der Waals surface area contributed by atoms with Gasteiger partial charge in [0.05, 0.1) is 16.1 Å². The Morgan fingerprint density at radius 3 is 2.26 bits per heavy atom. The number of carbonyl (C=O) groups excluding carboxylic acids is 3. The number of nitrogens with one attached hydrogen (secondary N) is 1. The number of hydrogen-bond acceptors (Lipinski definition) is 6. The molecule has 0 aliphatic carbocycles. The van der Waals surface area contributed by atoms with E-state index in [0.29, 0.717) is 10.7 Å². The van der Waals surface area contributed by atoms with Gasteiger partial charge in [-0.1, -0.05) is 23.7 Å². The van der Waals surface area contributed by atoms with Crippen LogP contribution in [0.25, 0.3) is 5.76 Å². The number of aliphatic hydroxyl groups excluding tert-OH is 1. The number of Topliss-reactive ketones (excluding diaryl/α,β-unsaturated/α-hetero) is 1. The molecular formula is C25H18ClN3O6. The molecule has 3 aromatic carbocycles. The minimum atomic E-state index is -1.28. The number of amides is 2. The summed E-state index contributed by atoms with van der Waals surface area (Å²) in [7, 11) is 0. The van der Waals surface area contributed by atoms with Crippen LogP contribution in [-0.4, -0.2) is 27.6 Å². The predicted molar refractivity (Wildman–Crippen MR) is 130 cm³/mol. The van der Waals surface area contributed by atoms with Gasteiger partial charge in [0.15, 0.2) is 0 Å². The third kappa shape index (κ3) is 4.49. The van der Waals surface area contributed by atoms with E-state index in [-0.39, 0.29) is 34.0 Å². The van der Waals surface area contributed by atoms with Crippen molar-refractivity contribution < 1.29 is 24.4 Å². The zero-order valence-electron chi connectivity index (χ0n) is 18.3. The molecule has 3 aromatic rings. The van der Waals surface area contributed by atoms with E-state index in [2.05, 4.69) is 5.32 Å². The van der Waals surface area contributed by atoms with E-state index in [1.54, 1.807) is 6.07 Å². The highest BCUT2D eigenvalue weighted by molar-refractivity contribution is 6.51. The molecule has 1 saturated heterocycles. The monoisotopic (exact) mass is 491 g/mol. The molecule has 0 saturated carbocycles. The second-order valence-corrected chi connectivity index (χ2v) is 8.16. The van der Waals surface area contributed by atoms with Crippen molar-refractivity contribution in [2.24, 2.45) is 0 Å². The molecule has 0 bridgehead atoms. The fourth-order valence-electron chi connectivity index (χ4n) is 3.95. The molecule has 4 rings (SSSR count). The van der Waals surface area contributed by atoms with Crippen LogP contribution in [0.2, 0.25) is 5.02 Å². The van der Waals surface area contributed by atoms with Crippen LogP contribution in [0.5, 0.6) is 0 Å². The van der Waals surface area contributed by atoms with Gasteiger partial charge in [-0.3, -0.25) is 29.4 Å². The van der Waals surface area contributed by atoms with Crippen molar-refractivity contribution in [3.8, 4) is 0 Å². The summed E-state index contributed by atoms with van der Waals surface area (Å²) in [5.74, 6) is -2.73. The summed E-state index contributed by atoms with van der Waals surface area (Å²) < 4.78 is 0. The van der Waals surface area contributed by atoms with Crippen LogP contribution in [0, 0.1) is 10.1 Å². The second kappa shape index (κ2) is 9.40. The molecule has 0 spiro atoms. The first-order chi connectivity index (χ1) is 16.7. The summed E-state index contributed by atoms with van der Waals surface area (Å²) >= 11 is 5.93. The molecule has 1 aliphatic rings. The Kier molecular flexibility index (Phi) is 6.35. The van der Waals surface area contributed by atoms with Crippen molar-refractivity contribution in [3.05, 3.63) is 105 Å². The van der Waals surface area contributed by atoms with Crippen molar-refractivity contribution in [2.45, 2.75) is 13.0 Å². The molecule has 1 aliphatic heterocycles. The van der Waals surface area contributed by atoms with Gasteiger partial charge in [-0.15, -0.1) is 0 Å². The van der Waals surface area contributed by atoms with E-state index < -0.39 is 28.4 Å². The minimum absolute atomic E-state index is 0.0538. The third-order valence-electron chi connectivity index (χ3n) is 5.46. The largest absolute Gasteiger partial charge is 0.507 e. The van der Waals surface area contributed by atoms with Crippen LogP contribution >= 0.6 is 11.6 Å². The van der Waals surface area contributed by atoms with Crippen molar-refractivity contribution in [2.75, 3.05) is 10.2 Å². The first-order valence-corrected chi connectivity index (χ1v) is 10.7. The van der Waals surface area contributed by atoms with Crippen LogP contribution in [0.15, 0.2) is 78.4 Å². The van der Waals surface area contributed by atoms with E-state index >= 15 is 0 Å². The number of nitro groups is 1. The van der Waals surface area contributed by atoms with Gasteiger partial charge in [0.1, 0.15) is 11.8 Å². The van der Waals surface area contributed by atoms with Crippen molar-refractivity contribution in [3.63, 3.8) is 0 Å². The number of aliphatic hydroxyl groups is 1. The molecule has 1 unspecified atom stereocenters. The van der Waals surface area contributed by atoms with E-state index in [0.717, 1.165) is 4.90 Å². The zero-order valence-corrected chi connectivity index (χ0v) is 19.0. The quantitative estimate of drug-likeness (QED) is 0.173. The molecule has 1 atom stereocenters. The summed E-state index contributed by atoms with van der Waals surface area (Å²) in [6.07, 6.45) is 0. The van der Waals surface area contributed by atoms with Crippen LogP contribution in [0.1, 0.15) is 24.1 Å². The highest BCUT2D eigenvalue weighted by Crippen LogP contribution is 2.44. The summed E-state index contributed by atoms with van der Waals surface area (Å²) in [5, 5.41) is 25.9. The molecule has 35 heavy (non-hydrogen) atoms. The lowest BCUT2D eigenvalue weighted by atomic mass is 9.94. The number of nitrogens with zero attached hydrogens (tertiary/aromatic N) is 2. The molecule has 1 fully saturated rings. The molecule has 2 N–H and O–H groups in total. The smallest absolute Gasteiger partial charge is 0.300 e. The molecule has 10 heteroatoms. The summed E-state index contributed by atoms with van der Waals surface area (Å²) in [4.78, 5) is 50.0. The number of halogens is 1. The summed E-state index contributed by atoms with van der Waals surface area (Å²) in [5.41, 5.74) is 0.370. The number of para-hydroxylation sites is 1. The third-order valence-corrected chi connectivity index (χ3v) is 5.71. The maximum absolute atomic E-state index is 13.2. The SMILES string of the molecule is CC(=O)Nc1ccc(N2C(=O)C(=O)/C(=C(/O)c3ccc(Cl)cc3)C2c2ccccc2[N+](=O)[O-])cc1. The van der Waals surface area contributed by atoms with Crippen LogP contribution in [0.3, 0.4) is 0 Å². The number of benzene rings is 3. The first-order valence-electron chi connectivity index (χ1n) is 10.4. The summed E-state index contributed by atoms with van der Waals surface area (Å²) in [6, 6.07) is 16.5. The predicted octanol–water partition coefficient (Wildman–Crippen LogP) is 4.83. The molecule has 0 aromatic heterocycles. The fraction of sp³-hybridized carbons (Fsp3) is 0.0800. The minimum Gasteiger partial charge on any atom is -0.507 e. The number of carbonyl (C=O) groups is 3. The number of nitro benzene ring substituents is 1. The Balaban J connectivity index is 1.94. The van der Waals surface area contributed by atoms with E-state index in [9.17, 15) is 29.6 Å². The highest BCUT2D eigenvalue weighted by Gasteiger charge is 2.48. The molecule has 9 nitrogen and oxygen atoms in total. The van der Waals surface area contributed by atoms with Gasteiger partial charge in [0, 0.05) is 35.0 Å². The maximum atomic E-state index is 13.2. The number of hydrogen-bond donors (Lipinski definition) is 2. The summed E-state index contributed by atoms with van der Waals surface area (Å²) in [6.45, 7) is 1.34. The van der Waals surface area contributed by atoms with E-state index in [1.807, 2.05) is 0 Å². The Labute approximate surface area is 204 Å². The average molecular weight is 492 g/mol. The molecule has 0 radical (unpaired) electrons. The topological polar surface area (TPSA) is 130 Å². The lowest BCUT2D eigenvalue weighted by molar-refractivity contribution is -0.385. The van der Waals surface area contributed by atoms with Gasteiger partial charge >= 0.3 is 0 Å². The molecule has 2 amide bonds. The van der Waals surface area contributed by atoms with Crippen LogP contribution in [-0.2, 0) is 14.4 Å². The van der Waals surface area contributed by atoms with Crippen molar-refractivity contribution >= 4 is 52.0 Å². The van der Waals surface area contributed by atoms with Crippen LogP contribution < -0.4 is 10.2 Å². The maximum Gasteiger partial charge on any atom is 0.300 e.